The van der Waals surface area contributed by atoms with Crippen LogP contribution in [0.5, 0.6) is 0 Å². The molecular weight excluding hydrogens is 158 g/mol. The Morgan fingerprint density at radius 2 is 2.08 bits per heavy atom. The number of nitrogens with zero attached hydrogens (tertiary/aromatic N) is 2. The molecule has 0 fully saturated rings. The third-order valence-corrected chi connectivity index (χ3v) is 1.76. The summed E-state index contributed by atoms with van der Waals surface area (Å²) in [5, 5.41) is 2.40. The van der Waals surface area contributed by atoms with Gasteiger partial charge in [0, 0.05) is 13.6 Å². The minimum atomic E-state index is -0.323. The molecule has 0 saturated carbocycles. The first-order valence-corrected chi connectivity index (χ1v) is 4.02. The number of nitrogens with one attached hydrogen (secondary N) is 1. The van der Waals surface area contributed by atoms with Gasteiger partial charge in [0.2, 0.25) is 0 Å². The van der Waals surface area contributed by atoms with Crippen molar-refractivity contribution in [2.75, 3.05) is 0 Å². The van der Waals surface area contributed by atoms with Crippen LogP contribution in [0.2, 0.25) is 0 Å². The van der Waals surface area contributed by atoms with Gasteiger partial charge in [-0.15, -0.1) is 0 Å². The predicted molar refractivity (Wildman–Crippen MR) is 45.2 cm³/mol. The number of hydrogen-bond donors (Lipinski definition) is 1. The highest BCUT2D eigenvalue weighted by molar-refractivity contribution is 4.67. The number of rotatable bonds is 3. The topological polar surface area (TPSA) is 59.8 Å². The first kappa shape index (κ1) is 8.83. The molecule has 0 aliphatic carbocycles. The Hall–Kier alpha value is -1.26. The van der Waals surface area contributed by atoms with Crippen molar-refractivity contribution >= 4 is 0 Å². The van der Waals surface area contributed by atoms with E-state index < -0.39 is 0 Å². The van der Waals surface area contributed by atoms with E-state index in [0.29, 0.717) is 6.54 Å². The van der Waals surface area contributed by atoms with Crippen LogP contribution in [0.25, 0.3) is 0 Å². The molecule has 0 radical (unpaired) electrons. The summed E-state index contributed by atoms with van der Waals surface area (Å²) in [7, 11) is 1.53. The molecule has 12 heavy (non-hydrogen) atoms. The summed E-state index contributed by atoms with van der Waals surface area (Å²) >= 11 is 0. The van der Waals surface area contributed by atoms with E-state index in [1.165, 1.54) is 16.3 Å². The molecule has 68 valence electrons. The van der Waals surface area contributed by atoms with Crippen LogP contribution in [0.1, 0.15) is 19.8 Å². The molecule has 0 aromatic carbocycles. The van der Waals surface area contributed by atoms with Gasteiger partial charge in [-0.05, 0) is 6.42 Å². The second kappa shape index (κ2) is 3.42. The zero-order valence-electron chi connectivity index (χ0n) is 7.33. The standard InChI is InChI=1S/C7H13N3O2/c1-3-4-5-10-6(11)8-9(2)7(10)12/h3-5H2,1-2H3,(H,8,11). The highest BCUT2D eigenvalue weighted by atomic mass is 16.2. The second-order valence-corrected chi connectivity index (χ2v) is 2.76. The van der Waals surface area contributed by atoms with Gasteiger partial charge in [0.1, 0.15) is 0 Å². The predicted octanol–water partition coefficient (Wildman–Crippen LogP) is -0.325. The number of aromatic amines is 1. The van der Waals surface area contributed by atoms with Crippen molar-refractivity contribution in [3.8, 4) is 0 Å². The third-order valence-electron chi connectivity index (χ3n) is 1.76. The van der Waals surface area contributed by atoms with Gasteiger partial charge in [-0.2, -0.15) is 0 Å². The zero-order chi connectivity index (χ0) is 9.14. The zero-order valence-corrected chi connectivity index (χ0v) is 7.33. The van der Waals surface area contributed by atoms with Crippen molar-refractivity contribution < 1.29 is 0 Å². The van der Waals surface area contributed by atoms with E-state index in [9.17, 15) is 9.59 Å². The van der Waals surface area contributed by atoms with Crippen LogP contribution in [0, 0.1) is 0 Å². The molecule has 0 spiro atoms. The van der Waals surface area contributed by atoms with Gasteiger partial charge in [0.25, 0.3) is 0 Å². The lowest BCUT2D eigenvalue weighted by molar-refractivity contribution is 0.590. The molecule has 0 unspecified atom stereocenters. The van der Waals surface area contributed by atoms with Crippen LogP contribution in [0.3, 0.4) is 0 Å². The molecule has 0 atom stereocenters. The van der Waals surface area contributed by atoms with E-state index in [2.05, 4.69) is 5.10 Å². The molecule has 0 aliphatic rings. The Morgan fingerprint density at radius 1 is 1.42 bits per heavy atom. The molecular formula is C7H13N3O2. The molecule has 5 heteroatoms. The Bertz CT molecular complexity index is 357. The molecule has 1 aromatic rings. The fraction of sp³-hybridized carbons (Fsp3) is 0.714. The van der Waals surface area contributed by atoms with Crippen molar-refractivity contribution in [3.63, 3.8) is 0 Å². The van der Waals surface area contributed by atoms with Crippen molar-refractivity contribution in [2.45, 2.75) is 26.3 Å². The van der Waals surface area contributed by atoms with Crippen molar-refractivity contribution in [2.24, 2.45) is 7.05 Å². The van der Waals surface area contributed by atoms with E-state index in [0.717, 1.165) is 12.8 Å². The van der Waals surface area contributed by atoms with Gasteiger partial charge in [0.05, 0.1) is 0 Å². The van der Waals surface area contributed by atoms with Crippen molar-refractivity contribution in [1.29, 1.82) is 0 Å². The minimum Gasteiger partial charge on any atom is -0.246 e. The molecule has 1 aromatic heterocycles. The van der Waals surface area contributed by atoms with Gasteiger partial charge < -0.3 is 0 Å². The maximum Gasteiger partial charge on any atom is 0.346 e. The van der Waals surface area contributed by atoms with Crippen LogP contribution in [0.15, 0.2) is 9.59 Å². The summed E-state index contributed by atoms with van der Waals surface area (Å²) in [6.45, 7) is 2.52. The van der Waals surface area contributed by atoms with E-state index in [1.54, 1.807) is 0 Å². The Labute approximate surface area is 69.6 Å². The van der Waals surface area contributed by atoms with Crippen LogP contribution < -0.4 is 11.4 Å². The number of aryl methyl sites for hydroxylation is 1. The lowest BCUT2D eigenvalue weighted by Gasteiger charge is -1.94. The quantitative estimate of drug-likeness (QED) is 0.677. The summed E-state index contributed by atoms with van der Waals surface area (Å²) in [6, 6.07) is 0. The van der Waals surface area contributed by atoms with Gasteiger partial charge in [0.15, 0.2) is 0 Å². The van der Waals surface area contributed by atoms with E-state index in [4.69, 9.17) is 0 Å². The summed E-state index contributed by atoms with van der Waals surface area (Å²) < 4.78 is 2.40. The van der Waals surface area contributed by atoms with Crippen LogP contribution in [-0.4, -0.2) is 14.3 Å². The lowest BCUT2D eigenvalue weighted by Crippen LogP contribution is -2.28. The second-order valence-electron chi connectivity index (χ2n) is 2.76. The van der Waals surface area contributed by atoms with Crippen LogP contribution >= 0.6 is 0 Å². The van der Waals surface area contributed by atoms with Gasteiger partial charge in [-0.3, -0.25) is 0 Å². The number of hydrogen-bond acceptors (Lipinski definition) is 2. The van der Waals surface area contributed by atoms with Crippen molar-refractivity contribution in [3.05, 3.63) is 21.0 Å². The average molecular weight is 171 g/mol. The smallest absolute Gasteiger partial charge is 0.246 e. The van der Waals surface area contributed by atoms with Crippen molar-refractivity contribution in [1.82, 2.24) is 14.3 Å². The SMILES string of the molecule is CCCCn1c(=O)[nH]n(C)c1=O. The highest BCUT2D eigenvalue weighted by Gasteiger charge is 2.03. The highest BCUT2D eigenvalue weighted by Crippen LogP contribution is 1.86. The molecule has 1 N–H and O–H groups in total. The average Bonchev–Trinajstić information content (AvgIpc) is 2.25. The fourth-order valence-corrected chi connectivity index (χ4v) is 1.03. The summed E-state index contributed by atoms with van der Waals surface area (Å²) in [4.78, 5) is 22.2. The fourth-order valence-electron chi connectivity index (χ4n) is 1.03. The summed E-state index contributed by atoms with van der Waals surface area (Å²) in [5.74, 6) is 0. The van der Waals surface area contributed by atoms with Crippen LogP contribution in [-0.2, 0) is 13.6 Å². The van der Waals surface area contributed by atoms with Crippen LogP contribution in [0.4, 0.5) is 0 Å². The normalized spacial score (nSPS) is 10.5. The monoisotopic (exact) mass is 171 g/mol. The first-order valence-electron chi connectivity index (χ1n) is 4.02. The van der Waals surface area contributed by atoms with Gasteiger partial charge in [-0.25, -0.2) is 23.9 Å². The third kappa shape index (κ3) is 1.49. The maximum atomic E-state index is 11.2. The van der Waals surface area contributed by atoms with E-state index in [-0.39, 0.29) is 11.4 Å². The molecule has 0 saturated heterocycles. The maximum absolute atomic E-state index is 11.2. The Morgan fingerprint density at radius 3 is 2.50 bits per heavy atom. The molecule has 0 aliphatic heterocycles. The van der Waals surface area contributed by atoms with Gasteiger partial charge >= 0.3 is 11.4 Å². The number of H-pyrrole nitrogens is 1. The first-order chi connectivity index (χ1) is 5.66. The van der Waals surface area contributed by atoms with E-state index in [1.807, 2.05) is 6.92 Å². The Balaban J connectivity index is 2.98. The summed E-state index contributed by atoms with van der Waals surface area (Å²) in [5.41, 5.74) is -0.593. The molecule has 1 heterocycles. The van der Waals surface area contributed by atoms with E-state index >= 15 is 0 Å². The minimum absolute atomic E-state index is 0.270. The number of aromatic nitrogens is 3. The molecule has 0 amide bonds. The molecule has 1 rings (SSSR count). The molecule has 5 nitrogen and oxygen atoms in total. The molecule has 0 bridgehead atoms. The van der Waals surface area contributed by atoms with Gasteiger partial charge in [-0.1, -0.05) is 13.3 Å². The summed E-state index contributed by atoms with van der Waals surface area (Å²) in [6.07, 6.45) is 1.83. The number of unbranched alkanes of at least 4 members (excludes halogenated alkanes) is 1. The Kier molecular flexibility index (Phi) is 2.52. The lowest BCUT2D eigenvalue weighted by atomic mass is 10.3. The largest absolute Gasteiger partial charge is 0.346 e.